The van der Waals surface area contributed by atoms with E-state index in [0.29, 0.717) is 5.56 Å². The standard InChI is InChI=1S/C11H9ClN2O3/c1-7(15)13-4-2-3-8-5-9(12)10(11(16)17)14-6-8/h5-6H,4H2,1H3,(H,13,15)(H,16,17). The zero-order valence-corrected chi connectivity index (χ0v) is 9.71. The molecule has 5 nitrogen and oxygen atoms in total. The van der Waals surface area contributed by atoms with Crippen LogP contribution in [0.2, 0.25) is 5.02 Å². The maximum Gasteiger partial charge on any atom is 0.356 e. The van der Waals surface area contributed by atoms with Crippen LogP contribution in [0.15, 0.2) is 12.3 Å². The SMILES string of the molecule is CC(=O)NCC#Cc1cnc(C(=O)O)c(Cl)c1. The molecule has 1 rings (SSSR count). The molecule has 0 spiro atoms. The van der Waals surface area contributed by atoms with Gasteiger partial charge in [0.15, 0.2) is 5.69 Å². The summed E-state index contributed by atoms with van der Waals surface area (Å²) in [6, 6.07) is 1.42. The fourth-order valence-electron chi connectivity index (χ4n) is 0.979. The maximum atomic E-state index is 10.6. The number of carbonyl (C=O) groups is 2. The van der Waals surface area contributed by atoms with Gasteiger partial charge in [0.05, 0.1) is 11.6 Å². The van der Waals surface area contributed by atoms with E-state index in [0.717, 1.165) is 0 Å². The Morgan fingerprint density at radius 2 is 2.29 bits per heavy atom. The molecule has 0 aliphatic carbocycles. The molecule has 0 fully saturated rings. The molecule has 1 aromatic heterocycles. The molecule has 88 valence electrons. The van der Waals surface area contributed by atoms with E-state index >= 15 is 0 Å². The monoisotopic (exact) mass is 252 g/mol. The second-order valence-corrected chi connectivity index (χ2v) is 3.48. The number of hydrogen-bond donors (Lipinski definition) is 2. The van der Waals surface area contributed by atoms with Crippen molar-refractivity contribution in [2.24, 2.45) is 0 Å². The van der Waals surface area contributed by atoms with Crippen LogP contribution >= 0.6 is 11.6 Å². The predicted molar refractivity (Wildman–Crippen MR) is 61.8 cm³/mol. The highest BCUT2D eigenvalue weighted by molar-refractivity contribution is 6.33. The molecular formula is C11H9ClN2O3. The van der Waals surface area contributed by atoms with Crippen LogP contribution in [-0.2, 0) is 4.79 Å². The van der Waals surface area contributed by atoms with Gasteiger partial charge in [-0.05, 0) is 6.07 Å². The van der Waals surface area contributed by atoms with Gasteiger partial charge in [0.25, 0.3) is 0 Å². The molecule has 1 aromatic rings. The number of aromatic nitrogens is 1. The lowest BCUT2D eigenvalue weighted by Crippen LogP contribution is -2.19. The van der Waals surface area contributed by atoms with Gasteiger partial charge < -0.3 is 10.4 Å². The number of pyridine rings is 1. The summed E-state index contributed by atoms with van der Waals surface area (Å²) in [6.07, 6.45) is 1.32. The molecule has 0 aliphatic heterocycles. The van der Waals surface area contributed by atoms with Gasteiger partial charge in [-0.15, -0.1) is 0 Å². The molecule has 1 heterocycles. The van der Waals surface area contributed by atoms with Gasteiger partial charge >= 0.3 is 5.97 Å². The van der Waals surface area contributed by atoms with Crippen molar-refractivity contribution in [2.75, 3.05) is 6.54 Å². The summed E-state index contributed by atoms with van der Waals surface area (Å²) in [4.78, 5) is 24.9. The van der Waals surface area contributed by atoms with Crippen LogP contribution in [0.4, 0.5) is 0 Å². The third-order valence-corrected chi connectivity index (χ3v) is 1.99. The first-order valence-corrected chi connectivity index (χ1v) is 5.00. The van der Waals surface area contributed by atoms with Crippen LogP contribution in [-0.4, -0.2) is 28.5 Å². The van der Waals surface area contributed by atoms with Crippen LogP contribution in [0.3, 0.4) is 0 Å². The van der Waals surface area contributed by atoms with E-state index in [1.807, 2.05) is 0 Å². The van der Waals surface area contributed by atoms with Crippen LogP contribution < -0.4 is 5.32 Å². The third-order valence-electron chi connectivity index (χ3n) is 1.70. The van der Waals surface area contributed by atoms with E-state index in [1.165, 1.54) is 19.2 Å². The Morgan fingerprint density at radius 3 is 2.82 bits per heavy atom. The van der Waals surface area contributed by atoms with Crippen LogP contribution in [0.5, 0.6) is 0 Å². The zero-order valence-electron chi connectivity index (χ0n) is 8.95. The Hall–Kier alpha value is -2.06. The second kappa shape index (κ2) is 5.87. The van der Waals surface area contributed by atoms with Gasteiger partial charge in [0, 0.05) is 18.7 Å². The van der Waals surface area contributed by atoms with Crippen molar-refractivity contribution in [2.45, 2.75) is 6.92 Å². The molecule has 17 heavy (non-hydrogen) atoms. The molecule has 0 aliphatic rings. The molecule has 6 heteroatoms. The molecule has 0 unspecified atom stereocenters. The summed E-state index contributed by atoms with van der Waals surface area (Å²) in [6.45, 7) is 1.61. The minimum atomic E-state index is -1.19. The molecule has 0 saturated heterocycles. The number of hydrogen-bond acceptors (Lipinski definition) is 3. The van der Waals surface area contributed by atoms with Crippen molar-refractivity contribution in [1.29, 1.82) is 0 Å². The van der Waals surface area contributed by atoms with Gasteiger partial charge in [-0.3, -0.25) is 4.79 Å². The molecule has 0 aromatic carbocycles. The van der Waals surface area contributed by atoms with E-state index in [4.69, 9.17) is 16.7 Å². The number of amides is 1. The largest absolute Gasteiger partial charge is 0.476 e. The number of carboxylic acid groups (broad SMARTS) is 1. The summed E-state index contributed by atoms with van der Waals surface area (Å²) in [5.41, 5.74) is 0.282. The first-order valence-electron chi connectivity index (χ1n) is 4.63. The van der Waals surface area contributed by atoms with Gasteiger partial charge in [0.1, 0.15) is 0 Å². The van der Waals surface area contributed by atoms with Crippen LogP contribution in [0.25, 0.3) is 0 Å². The Labute approximate surface area is 103 Å². The number of rotatable bonds is 2. The first-order chi connectivity index (χ1) is 8.00. The van der Waals surface area contributed by atoms with E-state index in [9.17, 15) is 9.59 Å². The Balaban J connectivity index is 2.77. The first kappa shape index (κ1) is 13.0. The molecular weight excluding hydrogens is 244 g/mol. The van der Waals surface area contributed by atoms with Crippen molar-refractivity contribution in [3.05, 3.63) is 28.5 Å². The Morgan fingerprint density at radius 1 is 1.59 bits per heavy atom. The lowest BCUT2D eigenvalue weighted by atomic mass is 10.2. The number of aromatic carboxylic acids is 1. The van der Waals surface area contributed by atoms with Crippen molar-refractivity contribution in [3.8, 4) is 11.8 Å². The predicted octanol–water partition coefficient (Wildman–Crippen LogP) is 0.921. The van der Waals surface area contributed by atoms with Crippen LogP contribution in [0.1, 0.15) is 23.0 Å². The summed E-state index contributed by atoms with van der Waals surface area (Å²) in [7, 11) is 0. The summed E-state index contributed by atoms with van der Waals surface area (Å²) in [5.74, 6) is 4.03. The Kier molecular flexibility index (Phi) is 4.49. The summed E-state index contributed by atoms with van der Waals surface area (Å²) < 4.78 is 0. The van der Waals surface area contributed by atoms with Crippen molar-refractivity contribution < 1.29 is 14.7 Å². The molecule has 2 N–H and O–H groups in total. The van der Waals surface area contributed by atoms with E-state index in [1.54, 1.807) is 0 Å². The van der Waals surface area contributed by atoms with Gasteiger partial charge in [-0.25, -0.2) is 9.78 Å². The van der Waals surface area contributed by atoms with E-state index in [2.05, 4.69) is 22.1 Å². The third kappa shape index (κ3) is 4.13. The lowest BCUT2D eigenvalue weighted by Gasteiger charge is -1.97. The van der Waals surface area contributed by atoms with Crippen molar-refractivity contribution >= 4 is 23.5 Å². The van der Waals surface area contributed by atoms with E-state index < -0.39 is 5.97 Å². The topological polar surface area (TPSA) is 79.3 Å². The number of nitrogens with one attached hydrogen (secondary N) is 1. The fourth-order valence-corrected chi connectivity index (χ4v) is 1.23. The summed E-state index contributed by atoms with van der Waals surface area (Å²) >= 11 is 5.71. The van der Waals surface area contributed by atoms with Gasteiger partial charge in [0.2, 0.25) is 5.91 Å². The number of carbonyl (C=O) groups excluding carboxylic acids is 1. The highest BCUT2D eigenvalue weighted by atomic mass is 35.5. The minimum Gasteiger partial charge on any atom is -0.476 e. The number of nitrogens with zero attached hydrogens (tertiary/aromatic N) is 1. The normalized spacial score (nSPS) is 9.06. The molecule has 0 saturated carbocycles. The molecule has 0 atom stereocenters. The maximum absolute atomic E-state index is 10.6. The quantitative estimate of drug-likeness (QED) is 0.767. The van der Waals surface area contributed by atoms with Gasteiger partial charge in [-0.1, -0.05) is 23.4 Å². The molecule has 1 amide bonds. The number of halogens is 1. The smallest absolute Gasteiger partial charge is 0.356 e. The number of carboxylic acids is 1. The average Bonchev–Trinajstić information content (AvgIpc) is 2.23. The zero-order chi connectivity index (χ0) is 12.8. The van der Waals surface area contributed by atoms with Crippen LogP contribution in [0, 0.1) is 11.8 Å². The van der Waals surface area contributed by atoms with E-state index in [-0.39, 0.29) is 23.2 Å². The van der Waals surface area contributed by atoms with Crippen molar-refractivity contribution in [1.82, 2.24) is 10.3 Å². The molecule has 0 bridgehead atoms. The minimum absolute atomic E-state index is 0.0313. The molecule has 0 radical (unpaired) electrons. The second-order valence-electron chi connectivity index (χ2n) is 3.07. The lowest BCUT2D eigenvalue weighted by molar-refractivity contribution is -0.118. The Bertz CT molecular complexity index is 517. The summed E-state index contributed by atoms with van der Waals surface area (Å²) in [5, 5.41) is 11.2. The highest BCUT2D eigenvalue weighted by Gasteiger charge is 2.09. The fraction of sp³-hybridized carbons (Fsp3) is 0.182. The average molecular weight is 253 g/mol. The van der Waals surface area contributed by atoms with Gasteiger partial charge in [-0.2, -0.15) is 0 Å². The highest BCUT2D eigenvalue weighted by Crippen LogP contribution is 2.14. The van der Waals surface area contributed by atoms with Crippen molar-refractivity contribution in [3.63, 3.8) is 0 Å².